The Labute approximate surface area is 171 Å². The second kappa shape index (κ2) is 16.9. The maximum atomic E-state index is 11.9. The van der Waals surface area contributed by atoms with E-state index in [4.69, 9.17) is 24.7 Å². The second-order valence-electron chi connectivity index (χ2n) is 6.17. The summed E-state index contributed by atoms with van der Waals surface area (Å²) in [5, 5.41) is 11.9. The van der Waals surface area contributed by atoms with Crippen LogP contribution in [0.15, 0.2) is 24.3 Å². The minimum absolute atomic E-state index is 0.155. The lowest BCUT2D eigenvalue weighted by molar-refractivity contribution is -0.125. The van der Waals surface area contributed by atoms with Crippen LogP contribution in [0.3, 0.4) is 0 Å². The molecular weight excluding hydrogens is 380 g/mol. The number of nitrogens with two attached hydrogens (primary N) is 1. The minimum Gasteiger partial charge on any atom is -0.508 e. The normalized spacial score (nSPS) is 11.9. The first-order chi connectivity index (χ1) is 14.2. The molecule has 1 atom stereocenters. The highest BCUT2D eigenvalue weighted by molar-refractivity contribution is 5.79. The third-order valence-electron chi connectivity index (χ3n) is 3.75. The molecule has 0 aliphatic heterocycles. The zero-order valence-corrected chi connectivity index (χ0v) is 16.7. The summed E-state index contributed by atoms with van der Waals surface area (Å²) in [4.78, 5) is 23.1. The van der Waals surface area contributed by atoms with Gasteiger partial charge in [-0.1, -0.05) is 12.1 Å². The van der Waals surface area contributed by atoms with Gasteiger partial charge in [0.25, 0.3) is 0 Å². The number of rotatable bonds is 18. The van der Waals surface area contributed by atoms with Crippen molar-refractivity contribution in [2.75, 3.05) is 59.4 Å². The van der Waals surface area contributed by atoms with Crippen molar-refractivity contribution < 1.29 is 33.6 Å². The fourth-order valence-corrected chi connectivity index (χ4v) is 2.31. The Morgan fingerprint density at radius 2 is 1.45 bits per heavy atom. The van der Waals surface area contributed by atoms with Gasteiger partial charge in [-0.25, -0.2) is 0 Å². The Morgan fingerprint density at radius 3 is 1.97 bits per heavy atom. The Kier molecular flexibility index (Phi) is 14.5. The maximum Gasteiger partial charge on any atom is 0.222 e. The number of aldehydes is 1. The molecule has 164 valence electrons. The lowest BCUT2D eigenvalue weighted by atomic mass is 10.1. The van der Waals surface area contributed by atoms with Crippen molar-refractivity contribution in [3.05, 3.63) is 29.8 Å². The van der Waals surface area contributed by atoms with Crippen molar-refractivity contribution in [2.45, 2.75) is 18.9 Å². The number of amides is 1. The average Bonchev–Trinajstić information content (AvgIpc) is 2.72. The van der Waals surface area contributed by atoms with Gasteiger partial charge in [0.15, 0.2) is 0 Å². The van der Waals surface area contributed by atoms with E-state index >= 15 is 0 Å². The summed E-state index contributed by atoms with van der Waals surface area (Å²) in [6, 6.07) is 5.89. The molecule has 1 amide bonds. The highest BCUT2D eigenvalue weighted by Gasteiger charge is 2.12. The number of hydrogen-bond donors (Lipinski definition) is 3. The molecule has 0 radical (unpaired) electrons. The highest BCUT2D eigenvalue weighted by Crippen LogP contribution is 2.11. The summed E-state index contributed by atoms with van der Waals surface area (Å²) in [5.41, 5.74) is 6.14. The summed E-state index contributed by atoms with van der Waals surface area (Å²) in [6.07, 6.45) is 1.23. The Bertz CT molecular complexity index is 554. The van der Waals surface area contributed by atoms with Gasteiger partial charge in [-0.15, -0.1) is 0 Å². The smallest absolute Gasteiger partial charge is 0.222 e. The molecule has 0 saturated heterocycles. The van der Waals surface area contributed by atoms with E-state index in [9.17, 15) is 14.7 Å². The Hall–Kier alpha value is -2.04. The molecule has 0 heterocycles. The average molecular weight is 412 g/mol. The number of carbonyl (C=O) groups is 2. The first-order valence-corrected chi connectivity index (χ1v) is 9.69. The third kappa shape index (κ3) is 13.7. The molecule has 1 aromatic rings. The topological polar surface area (TPSA) is 129 Å². The van der Waals surface area contributed by atoms with Gasteiger partial charge in [0.1, 0.15) is 12.0 Å². The van der Waals surface area contributed by atoms with Gasteiger partial charge >= 0.3 is 0 Å². The van der Waals surface area contributed by atoms with E-state index in [0.29, 0.717) is 65.5 Å². The summed E-state index contributed by atoms with van der Waals surface area (Å²) < 4.78 is 21.2. The van der Waals surface area contributed by atoms with E-state index in [1.807, 2.05) is 0 Å². The SMILES string of the molecule is NCCOCCOCCOCCOCCC(=O)N[C@H](C=O)Cc1ccc(O)cc1. The second-order valence-corrected chi connectivity index (χ2v) is 6.17. The molecular formula is C20H32N2O7. The number of aromatic hydroxyl groups is 1. The Morgan fingerprint density at radius 1 is 0.931 bits per heavy atom. The summed E-state index contributed by atoms with van der Waals surface area (Å²) in [6.45, 7) is 4.01. The van der Waals surface area contributed by atoms with E-state index < -0.39 is 6.04 Å². The van der Waals surface area contributed by atoms with Crippen molar-refractivity contribution in [1.29, 1.82) is 0 Å². The fourth-order valence-electron chi connectivity index (χ4n) is 2.31. The summed E-state index contributed by atoms with van der Waals surface area (Å²) in [5.74, 6) is -0.103. The van der Waals surface area contributed by atoms with Gasteiger partial charge in [0.2, 0.25) is 5.91 Å². The largest absolute Gasteiger partial charge is 0.508 e. The van der Waals surface area contributed by atoms with Crippen LogP contribution in [0.25, 0.3) is 0 Å². The van der Waals surface area contributed by atoms with E-state index in [0.717, 1.165) is 5.56 Å². The van der Waals surface area contributed by atoms with Crippen molar-refractivity contribution >= 4 is 12.2 Å². The summed E-state index contributed by atoms with van der Waals surface area (Å²) in [7, 11) is 0. The molecule has 0 aliphatic carbocycles. The molecule has 0 aromatic heterocycles. The molecule has 9 heteroatoms. The predicted molar refractivity (Wildman–Crippen MR) is 107 cm³/mol. The van der Waals surface area contributed by atoms with Crippen LogP contribution in [-0.2, 0) is 35.0 Å². The van der Waals surface area contributed by atoms with Crippen LogP contribution in [0.1, 0.15) is 12.0 Å². The number of nitrogens with one attached hydrogen (secondary N) is 1. The standard InChI is InChI=1S/C20H32N2O7/c21-6-8-27-10-12-29-14-13-28-11-9-26-7-5-20(25)22-18(16-23)15-17-1-3-19(24)4-2-17/h1-4,16,18,24H,5-15,21H2,(H,22,25)/t18-/m0/s1. The van der Waals surface area contributed by atoms with Gasteiger partial charge in [-0.2, -0.15) is 0 Å². The van der Waals surface area contributed by atoms with Crippen LogP contribution in [0.2, 0.25) is 0 Å². The lowest BCUT2D eigenvalue weighted by Crippen LogP contribution is -2.38. The number of benzene rings is 1. The van der Waals surface area contributed by atoms with Gasteiger partial charge < -0.3 is 39.9 Å². The number of hydrogen-bond acceptors (Lipinski definition) is 8. The lowest BCUT2D eigenvalue weighted by Gasteiger charge is -2.13. The molecule has 29 heavy (non-hydrogen) atoms. The quantitative estimate of drug-likeness (QED) is 0.228. The van der Waals surface area contributed by atoms with Gasteiger partial charge in [-0.3, -0.25) is 4.79 Å². The van der Waals surface area contributed by atoms with Crippen LogP contribution in [-0.4, -0.2) is 82.7 Å². The van der Waals surface area contributed by atoms with Crippen LogP contribution in [0, 0.1) is 0 Å². The number of phenols is 1. The van der Waals surface area contributed by atoms with Gasteiger partial charge in [-0.05, 0) is 24.1 Å². The zero-order chi connectivity index (χ0) is 21.2. The van der Waals surface area contributed by atoms with Crippen molar-refractivity contribution in [3.63, 3.8) is 0 Å². The zero-order valence-electron chi connectivity index (χ0n) is 16.7. The molecule has 0 saturated carbocycles. The molecule has 1 rings (SSSR count). The minimum atomic E-state index is -0.615. The van der Waals surface area contributed by atoms with Crippen LogP contribution in [0.5, 0.6) is 5.75 Å². The third-order valence-corrected chi connectivity index (χ3v) is 3.75. The summed E-state index contributed by atoms with van der Waals surface area (Å²) >= 11 is 0. The molecule has 0 unspecified atom stereocenters. The van der Waals surface area contributed by atoms with Crippen molar-refractivity contribution in [1.82, 2.24) is 5.32 Å². The van der Waals surface area contributed by atoms with E-state index in [1.165, 1.54) is 0 Å². The molecule has 0 bridgehead atoms. The number of carbonyl (C=O) groups excluding carboxylic acids is 2. The number of ether oxygens (including phenoxy) is 4. The van der Waals surface area contributed by atoms with E-state index in [1.54, 1.807) is 24.3 Å². The number of phenolic OH excluding ortho intramolecular Hbond substituents is 1. The fraction of sp³-hybridized carbons (Fsp3) is 0.600. The molecule has 4 N–H and O–H groups in total. The highest BCUT2D eigenvalue weighted by atomic mass is 16.6. The molecule has 9 nitrogen and oxygen atoms in total. The maximum absolute atomic E-state index is 11.9. The van der Waals surface area contributed by atoms with Crippen molar-refractivity contribution in [3.8, 4) is 5.75 Å². The predicted octanol–water partition coefficient (Wildman–Crippen LogP) is 0.0336. The van der Waals surface area contributed by atoms with Crippen LogP contribution in [0.4, 0.5) is 0 Å². The van der Waals surface area contributed by atoms with E-state index in [-0.39, 0.29) is 24.7 Å². The van der Waals surface area contributed by atoms with Gasteiger partial charge in [0.05, 0.1) is 58.9 Å². The molecule has 0 fully saturated rings. The van der Waals surface area contributed by atoms with Gasteiger partial charge in [0, 0.05) is 13.0 Å². The van der Waals surface area contributed by atoms with Crippen molar-refractivity contribution in [2.24, 2.45) is 5.73 Å². The first kappa shape index (κ1) is 25.0. The monoisotopic (exact) mass is 412 g/mol. The van der Waals surface area contributed by atoms with E-state index in [2.05, 4.69) is 5.32 Å². The molecule has 0 aliphatic rings. The van der Waals surface area contributed by atoms with Crippen LogP contribution < -0.4 is 11.1 Å². The molecule has 1 aromatic carbocycles. The Balaban J connectivity index is 1.97. The van der Waals surface area contributed by atoms with Crippen LogP contribution >= 0.6 is 0 Å². The first-order valence-electron chi connectivity index (χ1n) is 9.69. The molecule has 0 spiro atoms.